The van der Waals surface area contributed by atoms with Crippen LogP contribution in [0.15, 0.2) is 24.3 Å². The molecule has 1 nitrogen and oxygen atoms in total. The van der Waals surface area contributed by atoms with Crippen LogP contribution in [0.2, 0.25) is 0 Å². The van der Waals surface area contributed by atoms with Crippen LogP contribution in [-0.2, 0) is 16.3 Å². The molecule has 0 fully saturated rings. The van der Waals surface area contributed by atoms with E-state index in [4.69, 9.17) is 3.82 Å². The minimum atomic E-state index is 0.845. The number of benzene rings is 1. The van der Waals surface area contributed by atoms with Crippen molar-refractivity contribution in [2.24, 2.45) is 0 Å². The molecule has 0 atom stereocenters. The Balaban J connectivity index is 3.01. The van der Waals surface area contributed by atoms with E-state index >= 15 is 0 Å². The van der Waals surface area contributed by atoms with E-state index in [1.54, 1.807) is 0 Å². The first-order chi connectivity index (χ1) is 4.34. The van der Waals surface area contributed by atoms with Gasteiger partial charge in [0.1, 0.15) is 0 Å². The van der Waals surface area contributed by atoms with Crippen LogP contribution < -0.4 is 3.82 Å². The van der Waals surface area contributed by atoms with E-state index in [-0.39, 0.29) is 0 Å². The fourth-order valence-electron chi connectivity index (χ4n) is 0.637. The molecule has 1 rings (SSSR count). The summed E-state index contributed by atoms with van der Waals surface area (Å²) in [6, 6.07) is 7.77. The molecular formula is C7H7FeO. The molecule has 0 saturated carbocycles. The Labute approximate surface area is 63.2 Å². The van der Waals surface area contributed by atoms with Crippen molar-refractivity contribution in [2.75, 3.05) is 0 Å². The fourth-order valence-corrected chi connectivity index (χ4v) is 0.890. The Bertz CT molecular complexity index is 198. The van der Waals surface area contributed by atoms with Crippen LogP contribution in [0.4, 0.5) is 0 Å². The molecule has 0 aliphatic carbocycles. The topological polar surface area (TPSA) is 9.23 Å². The van der Waals surface area contributed by atoms with E-state index in [0.29, 0.717) is 0 Å². The quantitative estimate of drug-likeness (QED) is 0.574. The molecule has 49 valence electrons. The molecule has 0 radical (unpaired) electrons. The monoisotopic (exact) mass is 163 g/mol. The Hall–Kier alpha value is -0.461. The second kappa shape index (κ2) is 2.90. The van der Waals surface area contributed by atoms with Gasteiger partial charge in [-0.15, -0.1) is 0 Å². The first-order valence-corrected chi connectivity index (χ1v) is 3.13. The van der Waals surface area contributed by atoms with E-state index in [1.165, 1.54) is 0 Å². The molecule has 0 aromatic heterocycles. The zero-order valence-corrected chi connectivity index (χ0v) is 6.18. The van der Waals surface area contributed by atoms with Crippen molar-refractivity contribution in [3.8, 4) is 5.75 Å². The maximum atomic E-state index is 4.79. The van der Waals surface area contributed by atoms with Gasteiger partial charge in [-0.1, -0.05) is 0 Å². The normalized spacial score (nSPS) is 9.11. The van der Waals surface area contributed by atoms with Crippen LogP contribution in [0.5, 0.6) is 5.75 Å². The third-order valence-corrected chi connectivity index (χ3v) is 1.41. The molecule has 0 aliphatic rings. The molecule has 0 unspecified atom stereocenters. The third kappa shape index (κ3) is 1.47. The van der Waals surface area contributed by atoms with Crippen molar-refractivity contribution in [1.82, 2.24) is 0 Å². The summed E-state index contributed by atoms with van der Waals surface area (Å²) >= 11 is 3.32. The zero-order valence-electron chi connectivity index (χ0n) is 5.07. The van der Waals surface area contributed by atoms with Gasteiger partial charge < -0.3 is 0 Å². The van der Waals surface area contributed by atoms with Crippen molar-refractivity contribution in [3.63, 3.8) is 0 Å². The summed E-state index contributed by atoms with van der Waals surface area (Å²) in [5.41, 5.74) is 1.12. The van der Waals surface area contributed by atoms with Gasteiger partial charge in [0.25, 0.3) is 0 Å². The Kier molecular flexibility index (Phi) is 2.15. The maximum absolute atomic E-state index is 4.79. The number of hydrogen-bond donors (Lipinski definition) is 0. The number of hydrogen-bond acceptors (Lipinski definition) is 1. The van der Waals surface area contributed by atoms with Crippen LogP contribution >= 0.6 is 0 Å². The van der Waals surface area contributed by atoms with Gasteiger partial charge in [-0.3, -0.25) is 0 Å². The van der Waals surface area contributed by atoms with Gasteiger partial charge in [0.05, 0.1) is 0 Å². The average molecular weight is 163 g/mol. The third-order valence-electron chi connectivity index (χ3n) is 1.17. The molecule has 0 heterocycles. The predicted octanol–water partition coefficient (Wildman–Crippen LogP) is 1.84. The Morgan fingerprint density at radius 3 is 2.44 bits per heavy atom. The summed E-state index contributed by atoms with van der Waals surface area (Å²) in [5, 5.41) is 0. The average Bonchev–Trinajstić information content (AvgIpc) is 1.89. The summed E-state index contributed by atoms with van der Waals surface area (Å²) in [4.78, 5) is 0. The predicted molar refractivity (Wildman–Crippen MR) is 31.8 cm³/mol. The van der Waals surface area contributed by atoms with E-state index in [9.17, 15) is 0 Å². The Morgan fingerprint density at radius 2 is 2.00 bits per heavy atom. The molecule has 0 aliphatic heterocycles. The van der Waals surface area contributed by atoms with Crippen LogP contribution in [0.1, 0.15) is 5.56 Å². The molecule has 0 bridgehead atoms. The van der Waals surface area contributed by atoms with Gasteiger partial charge in [0.2, 0.25) is 0 Å². The van der Waals surface area contributed by atoms with Crippen LogP contribution in [0.3, 0.4) is 0 Å². The number of para-hydroxylation sites is 1. The van der Waals surface area contributed by atoms with Crippen LogP contribution in [-0.4, -0.2) is 0 Å². The first-order valence-electron chi connectivity index (χ1n) is 2.68. The van der Waals surface area contributed by atoms with Crippen molar-refractivity contribution < 1.29 is 20.2 Å². The van der Waals surface area contributed by atoms with Crippen molar-refractivity contribution in [1.29, 1.82) is 0 Å². The first kappa shape index (κ1) is 6.66. The number of aryl methyl sites for hydroxylation is 1. The molecule has 1 aromatic carbocycles. The van der Waals surface area contributed by atoms with Gasteiger partial charge in [-0.2, -0.15) is 0 Å². The van der Waals surface area contributed by atoms with Crippen LogP contribution in [0.25, 0.3) is 0 Å². The van der Waals surface area contributed by atoms with Crippen molar-refractivity contribution in [2.45, 2.75) is 6.92 Å². The zero-order chi connectivity index (χ0) is 6.69. The Morgan fingerprint density at radius 1 is 1.33 bits per heavy atom. The molecular weight excluding hydrogens is 156 g/mol. The SMILES string of the molecule is Cc1ccccc1[O][Fe]. The molecule has 9 heavy (non-hydrogen) atoms. The van der Waals surface area contributed by atoms with Crippen LogP contribution in [0, 0.1) is 6.92 Å². The van der Waals surface area contributed by atoms with Crippen molar-refractivity contribution >= 4 is 0 Å². The summed E-state index contributed by atoms with van der Waals surface area (Å²) < 4.78 is 4.79. The minimum absolute atomic E-state index is 0.845. The molecule has 0 amide bonds. The van der Waals surface area contributed by atoms with Gasteiger partial charge in [-0.25, -0.2) is 0 Å². The summed E-state index contributed by atoms with van der Waals surface area (Å²) in [5.74, 6) is 0.845. The second-order valence-corrected chi connectivity index (χ2v) is 2.06. The van der Waals surface area contributed by atoms with Gasteiger partial charge in [-0.05, 0) is 0 Å². The van der Waals surface area contributed by atoms with E-state index < -0.39 is 0 Å². The summed E-state index contributed by atoms with van der Waals surface area (Å²) in [7, 11) is 0. The van der Waals surface area contributed by atoms with Gasteiger partial charge in [0.15, 0.2) is 0 Å². The summed E-state index contributed by atoms with van der Waals surface area (Å²) in [6.07, 6.45) is 0. The molecule has 0 spiro atoms. The van der Waals surface area contributed by atoms with Crippen molar-refractivity contribution in [3.05, 3.63) is 29.8 Å². The standard InChI is InChI=1S/C7H8O.Fe/c1-6-4-2-3-5-7(6)8;/h2-5,8H,1H3;/q;+1/p-1. The van der Waals surface area contributed by atoms with E-state index in [2.05, 4.69) is 16.3 Å². The van der Waals surface area contributed by atoms with E-state index in [1.807, 2.05) is 31.2 Å². The summed E-state index contributed by atoms with van der Waals surface area (Å²) in [6.45, 7) is 1.99. The van der Waals surface area contributed by atoms with Gasteiger partial charge in [0, 0.05) is 0 Å². The second-order valence-electron chi connectivity index (χ2n) is 1.84. The molecule has 1 aromatic rings. The molecule has 2 heteroatoms. The molecule has 0 N–H and O–H groups in total. The molecule has 0 saturated heterocycles. The fraction of sp³-hybridized carbons (Fsp3) is 0.143. The van der Waals surface area contributed by atoms with Gasteiger partial charge >= 0.3 is 62.7 Å². The number of rotatable bonds is 1. The van der Waals surface area contributed by atoms with E-state index in [0.717, 1.165) is 11.3 Å².